The molecule has 1 saturated carbocycles. The molecule has 0 bridgehead atoms. The third kappa shape index (κ3) is 3.59. The Labute approximate surface area is 131 Å². The highest BCUT2D eigenvalue weighted by Crippen LogP contribution is 2.40. The lowest BCUT2D eigenvalue weighted by Gasteiger charge is -2.32. The molecule has 1 aromatic rings. The molecular weight excluding hydrogens is 278 g/mol. The van der Waals surface area contributed by atoms with Gasteiger partial charge in [0.15, 0.2) is 0 Å². The quantitative estimate of drug-likeness (QED) is 0.895. The number of hydrogen-bond acceptors (Lipinski definition) is 2. The van der Waals surface area contributed by atoms with Crippen molar-refractivity contribution in [2.45, 2.75) is 44.2 Å². The molecule has 3 amide bonds. The fraction of sp³-hybridized carbons (Fsp3) is 0.529. The van der Waals surface area contributed by atoms with Gasteiger partial charge in [-0.2, -0.15) is 0 Å². The molecule has 2 N–H and O–H groups in total. The van der Waals surface area contributed by atoms with Gasteiger partial charge in [-0.25, -0.2) is 4.79 Å². The normalized spacial score (nSPS) is 24.7. The minimum Gasteiger partial charge on any atom is -0.353 e. The maximum absolute atomic E-state index is 12.3. The zero-order chi connectivity index (χ0) is 15.5. The Hall–Kier alpha value is -2.04. The molecule has 1 aliphatic heterocycles. The third-order valence-electron chi connectivity index (χ3n) is 4.52. The second-order valence-electron chi connectivity index (χ2n) is 6.27. The molecule has 1 saturated heterocycles. The summed E-state index contributed by atoms with van der Waals surface area (Å²) in [6.45, 7) is 2.95. The second kappa shape index (κ2) is 6.38. The van der Waals surface area contributed by atoms with E-state index in [1.807, 2.05) is 23.1 Å². The van der Waals surface area contributed by atoms with Gasteiger partial charge in [0.1, 0.15) is 0 Å². The van der Waals surface area contributed by atoms with Gasteiger partial charge in [0.2, 0.25) is 5.91 Å². The van der Waals surface area contributed by atoms with Gasteiger partial charge in [-0.15, -0.1) is 0 Å². The van der Waals surface area contributed by atoms with Crippen molar-refractivity contribution in [2.24, 2.45) is 0 Å². The summed E-state index contributed by atoms with van der Waals surface area (Å²) in [4.78, 5) is 25.2. The van der Waals surface area contributed by atoms with E-state index in [1.165, 1.54) is 12.5 Å². The molecule has 0 spiro atoms. The van der Waals surface area contributed by atoms with E-state index in [2.05, 4.69) is 22.8 Å². The first kappa shape index (κ1) is 14.9. The Morgan fingerprint density at radius 2 is 1.77 bits per heavy atom. The number of amides is 3. The average Bonchev–Trinajstić information content (AvgIpc) is 3.27. The Bertz CT molecular complexity index is 538. The first-order valence-electron chi connectivity index (χ1n) is 8.01. The molecule has 2 aliphatic rings. The predicted octanol–water partition coefficient (Wildman–Crippen LogP) is 1.85. The van der Waals surface area contributed by atoms with E-state index in [1.54, 1.807) is 0 Å². The lowest BCUT2D eigenvalue weighted by Crippen LogP contribution is -2.49. The summed E-state index contributed by atoms with van der Waals surface area (Å²) in [6, 6.07) is 10.8. The smallest absolute Gasteiger partial charge is 0.317 e. The van der Waals surface area contributed by atoms with Crippen LogP contribution in [0, 0.1) is 0 Å². The van der Waals surface area contributed by atoms with Crippen LogP contribution < -0.4 is 10.6 Å². The van der Waals surface area contributed by atoms with Crippen molar-refractivity contribution < 1.29 is 9.59 Å². The van der Waals surface area contributed by atoms with E-state index in [0.717, 1.165) is 19.3 Å². The van der Waals surface area contributed by atoms with Gasteiger partial charge in [-0.3, -0.25) is 4.79 Å². The maximum Gasteiger partial charge on any atom is 0.317 e. The summed E-state index contributed by atoms with van der Waals surface area (Å²) in [5.74, 6) is 0.466. The molecule has 2 atom stereocenters. The number of urea groups is 1. The van der Waals surface area contributed by atoms with Gasteiger partial charge >= 0.3 is 6.03 Å². The third-order valence-corrected chi connectivity index (χ3v) is 4.52. The van der Waals surface area contributed by atoms with Crippen LogP contribution in [0.25, 0.3) is 0 Å². The zero-order valence-electron chi connectivity index (χ0n) is 12.9. The summed E-state index contributed by atoms with van der Waals surface area (Å²) >= 11 is 0. The number of piperidine rings is 1. The lowest BCUT2D eigenvalue weighted by molar-refractivity contribution is -0.119. The average molecular weight is 301 g/mol. The summed E-state index contributed by atoms with van der Waals surface area (Å²) in [5, 5.41) is 6.05. The van der Waals surface area contributed by atoms with Crippen molar-refractivity contribution >= 4 is 11.9 Å². The lowest BCUT2D eigenvalue weighted by atomic mass is 10.1. The van der Waals surface area contributed by atoms with E-state index in [4.69, 9.17) is 0 Å². The summed E-state index contributed by atoms with van der Waals surface area (Å²) in [7, 11) is 0. The molecule has 1 aliphatic carbocycles. The number of hydrogen-bond donors (Lipinski definition) is 2. The Morgan fingerprint density at radius 3 is 2.41 bits per heavy atom. The molecule has 3 rings (SSSR count). The number of nitrogens with one attached hydrogen (secondary N) is 2. The van der Waals surface area contributed by atoms with Crippen LogP contribution in [0.5, 0.6) is 0 Å². The summed E-state index contributed by atoms with van der Waals surface area (Å²) in [5.41, 5.74) is 1.30. The largest absolute Gasteiger partial charge is 0.353 e. The van der Waals surface area contributed by atoms with Crippen molar-refractivity contribution in [1.29, 1.82) is 0 Å². The van der Waals surface area contributed by atoms with E-state index in [9.17, 15) is 9.59 Å². The molecule has 118 valence electrons. The fourth-order valence-corrected chi connectivity index (χ4v) is 3.19. The van der Waals surface area contributed by atoms with Gasteiger partial charge in [0, 0.05) is 38.0 Å². The standard InChI is InChI=1S/C17H23N3O2/c1-12(21)18-14-7-9-20(10-8-14)17(22)19-16-11-15(16)13-5-3-2-4-6-13/h2-6,14-16H,7-11H2,1H3,(H,18,21)(H,19,22)/t15-,16-/m1/s1. The number of benzene rings is 1. The van der Waals surface area contributed by atoms with Crippen molar-refractivity contribution in [3.05, 3.63) is 35.9 Å². The van der Waals surface area contributed by atoms with Gasteiger partial charge in [0.25, 0.3) is 0 Å². The Balaban J connectivity index is 1.43. The predicted molar refractivity (Wildman–Crippen MR) is 84.5 cm³/mol. The van der Waals surface area contributed by atoms with Crippen LogP contribution in [0.4, 0.5) is 4.79 Å². The minimum atomic E-state index is 0.00610. The minimum absolute atomic E-state index is 0.00610. The van der Waals surface area contributed by atoms with Crippen molar-refractivity contribution in [3.63, 3.8) is 0 Å². The number of nitrogens with zero attached hydrogens (tertiary/aromatic N) is 1. The Kier molecular flexibility index (Phi) is 4.32. The SMILES string of the molecule is CC(=O)NC1CCN(C(=O)N[C@@H]2C[C@@H]2c2ccccc2)CC1. The molecule has 5 nitrogen and oxygen atoms in total. The van der Waals surface area contributed by atoms with Crippen LogP contribution in [0.3, 0.4) is 0 Å². The number of carbonyl (C=O) groups is 2. The summed E-state index contributed by atoms with van der Waals surface area (Å²) < 4.78 is 0. The van der Waals surface area contributed by atoms with Gasteiger partial charge in [-0.1, -0.05) is 30.3 Å². The molecule has 0 unspecified atom stereocenters. The van der Waals surface area contributed by atoms with Gasteiger partial charge in [0.05, 0.1) is 0 Å². The number of rotatable bonds is 3. The van der Waals surface area contributed by atoms with Crippen molar-refractivity contribution in [2.75, 3.05) is 13.1 Å². The van der Waals surface area contributed by atoms with E-state index < -0.39 is 0 Å². The molecule has 0 radical (unpaired) electrons. The van der Waals surface area contributed by atoms with Gasteiger partial charge in [-0.05, 0) is 24.8 Å². The van der Waals surface area contributed by atoms with Crippen LogP contribution in [-0.4, -0.2) is 42.0 Å². The van der Waals surface area contributed by atoms with Crippen molar-refractivity contribution in [3.8, 4) is 0 Å². The molecule has 1 aromatic carbocycles. The molecule has 0 aromatic heterocycles. The Morgan fingerprint density at radius 1 is 1.09 bits per heavy atom. The van der Waals surface area contributed by atoms with E-state index in [0.29, 0.717) is 19.0 Å². The fourth-order valence-electron chi connectivity index (χ4n) is 3.19. The molecule has 22 heavy (non-hydrogen) atoms. The first-order chi connectivity index (χ1) is 10.6. The van der Waals surface area contributed by atoms with Crippen LogP contribution in [0.2, 0.25) is 0 Å². The first-order valence-corrected chi connectivity index (χ1v) is 8.01. The maximum atomic E-state index is 12.3. The van der Waals surface area contributed by atoms with Crippen molar-refractivity contribution in [1.82, 2.24) is 15.5 Å². The highest BCUT2D eigenvalue weighted by atomic mass is 16.2. The van der Waals surface area contributed by atoms with Crippen LogP contribution in [-0.2, 0) is 4.79 Å². The zero-order valence-corrected chi connectivity index (χ0v) is 12.9. The summed E-state index contributed by atoms with van der Waals surface area (Å²) in [6.07, 6.45) is 2.69. The highest BCUT2D eigenvalue weighted by Gasteiger charge is 2.40. The van der Waals surface area contributed by atoms with E-state index >= 15 is 0 Å². The van der Waals surface area contributed by atoms with Crippen LogP contribution in [0.15, 0.2) is 30.3 Å². The molecule has 5 heteroatoms. The van der Waals surface area contributed by atoms with E-state index in [-0.39, 0.29) is 24.0 Å². The molecular formula is C17H23N3O2. The highest BCUT2D eigenvalue weighted by molar-refractivity contribution is 5.75. The second-order valence-corrected chi connectivity index (χ2v) is 6.27. The van der Waals surface area contributed by atoms with Gasteiger partial charge < -0.3 is 15.5 Å². The topological polar surface area (TPSA) is 61.4 Å². The van der Waals surface area contributed by atoms with Crippen LogP contribution in [0.1, 0.15) is 37.7 Å². The monoisotopic (exact) mass is 301 g/mol. The molecule has 2 fully saturated rings. The number of likely N-dealkylation sites (tertiary alicyclic amines) is 1. The number of carbonyl (C=O) groups excluding carboxylic acids is 2. The van der Waals surface area contributed by atoms with Crippen LogP contribution >= 0.6 is 0 Å². The molecule has 1 heterocycles.